The van der Waals surface area contributed by atoms with Gasteiger partial charge in [-0.3, -0.25) is 10.0 Å². The first-order chi connectivity index (χ1) is 12.7. The molecule has 0 radical (unpaired) electrons. The van der Waals surface area contributed by atoms with Gasteiger partial charge in [0.1, 0.15) is 12.4 Å². The van der Waals surface area contributed by atoms with E-state index in [2.05, 4.69) is 6.07 Å². The zero-order chi connectivity index (χ0) is 18.4. The molecule has 26 heavy (non-hydrogen) atoms. The molecule has 0 fully saturated rings. The van der Waals surface area contributed by atoms with Crippen LogP contribution in [0.5, 0.6) is 5.75 Å². The van der Waals surface area contributed by atoms with Crippen LogP contribution in [0.1, 0.15) is 28.2 Å². The second-order valence-electron chi connectivity index (χ2n) is 6.17. The number of rotatable bonds is 6. The number of ether oxygens (including phenoxy) is 1. The molecule has 0 aliphatic heterocycles. The van der Waals surface area contributed by atoms with Crippen molar-refractivity contribution in [2.75, 3.05) is 0 Å². The lowest BCUT2D eigenvalue weighted by Gasteiger charge is -2.16. The van der Waals surface area contributed by atoms with Crippen LogP contribution in [0.4, 0.5) is 0 Å². The summed E-state index contributed by atoms with van der Waals surface area (Å²) in [4.78, 5) is 12.1. The molecule has 0 spiro atoms. The molecule has 0 aliphatic carbocycles. The highest BCUT2D eigenvalue weighted by Crippen LogP contribution is 2.27. The van der Waals surface area contributed by atoms with E-state index >= 15 is 0 Å². The number of hydrogen-bond donors (Lipinski definition) is 2. The van der Waals surface area contributed by atoms with Gasteiger partial charge in [0.25, 0.3) is 5.91 Å². The monoisotopic (exact) mass is 347 g/mol. The Balaban J connectivity index is 1.75. The van der Waals surface area contributed by atoms with Gasteiger partial charge in [0.05, 0.1) is 5.92 Å². The van der Waals surface area contributed by atoms with Crippen molar-refractivity contribution in [3.63, 3.8) is 0 Å². The number of amides is 1. The molecule has 3 rings (SSSR count). The van der Waals surface area contributed by atoms with Gasteiger partial charge in [0, 0.05) is 0 Å². The van der Waals surface area contributed by atoms with E-state index in [1.807, 2.05) is 79.7 Å². The van der Waals surface area contributed by atoms with Gasteiger partial charge in [0.2, 0.25) is 0 Å². The number of benzene rings is 3. The summed E-state index contributed by atoms with van der Waals surface area (Å²) in [6, 6.07) is 24.9. The first kappa shape index (κ1) is 17.7. The van der Waals surface area contributed by atoms with Crippen LogP contribution < -0.4 is 10.2 Å². The molecular weight excluding hydrogens is 326 g/mol. The fraction of sp³-hybridized carbons (Fsp3) is 0.136. The lowest BCUT2D eigenvalue weighted by molar-refractivity contribution is -0.129. The summed E-state index contributed by atoms with van der Waals surface area (Å²) in [6.45, 7) is 2.54. The normalized spacial score (nSPS) is 11.6. The van der Waals surface area contributed by atoms with Crippen molar-refractivity contribution in [1.82, 2.24) is 5.48 Å². The molecule has 3 aromatic carbocycles. The van der Waals surface area contributed by atoms with E-state index in [9.17, 15) is 4.79 Å². The smallest absolute Gasteiger partial charge is 0.255 e. The number of carbonyl (C=O) groups is 1. The van der Waals surface area contributed by atoms with Crippen molar-refractivity contribution in [3.05, 3.63) is 101 Å². The molecule has 0 aliphatic rings. The summed E-state index contributed by atoms with van der Waals surface area (Å²) in [7, 11) is 0. The van der Waals surface area contributed by atoms with Gasteiger partial charge in [-0.25, -0.2) is 5.48 Å². The minimum atomic E-state index is -0.577. The van der Waals surface area contributed by atoms with E-state index in [1.165, 1.54) is 5.56 Å². The Morgan fingerprint density at radius 3 is 2.31 bits per heavy atom. The Labute approximate surface area is 153 Å². The quantitative estimate of drug-likeness (QED) is 0.519. The molecule has 3 aromatic rings. The Morgan fingerprint density at radius 1 is 0.962 bits per heavy atom. The predicted molar refractivity (Wildman–Crippen MR) is 100 cm³/mol. The molecule has 4 heteroatoms. The van der Waals surface area contributed by atoms with Crippen LogP contribution in [0, 0.1) is 6.92 Å². The fourth-order valence-electron chi connectivity index (χ4n) is 2.93. The van der Waals surface area contributed by atoms with Crippen molar-refractivity contribution in [2.24, 2.45) is 0 Å². The van der Waals surface area contributed by atoms with E-state index in [4.69, 9.17) is 9.94 Å². The highest BCUT2D eigenvalue weighted by atomic mass is 16.5. The molecule has 0 saturated heterocycles. The van der Waals surface area contributed by atoms with Crippen LogP contribution in [0.2, 0.25) is 0 Å². The Hall–Kier alpha value is -3.11. The summed E-state index contributed by atoms with van der Waals surface area (Å²) in [5.74, 6) is -0.317. The van der Waals surface area contributed by atoms with Crippen LogP contribution in [-0.4, -0.2) is 11.1 Å². The summed E-state index contributed by atoms with van der Waals surface area (Å²) in [5.41, 5.74) is 5.66. The van der Waals surface area contributed by atoms with Gasteiger partial charge in [-0.05, 0) is 35.7 Å². The Bertz CT molecular complexity index is 860. The average Bonchev–Trinajstić information content (AvgIpc) is 2.68. The molecule has 4 nitrogen and oxygen atoms in total. The molecule has 132 valence electrons. The standard InChI is InChI=1S/C22H21NO3/c1-16-6-5-7-17(14-16)15-26-20-12-10-19(11-13-20)21(22(24)23-25)18-8-3-2-4-9-18/h2-14,21,25H,15H2,1H3,(H,23,24). The maximum absolute atomic E-state index is 12.1. The third-order valence-corrected chi connectivity index (χ3v) is 4.21. The van der Waals surface area contributed by atoms with Gasteiger partial charge in [-0.2, -0.15) is 0 Å². The molecule has 0 bridgehead atoms. The number of hydrogen-bond acceptors (Lipinski definition) is 3. The fourth-order valence-corrected chi connectivity index (χ4v) is 2.93. The van der Waals surface area contributed by atoms with Crippen molar-refractivity contribution in [3.8, 4) is 5.75 Å². The molecule has 1 unspecified atom stereocenters. The topological polar surface area (TPSA) is 58.6 Å². The largest absolute Gasteiger partial charge is 0.489 e. The van der Waals surface area contributed by atoms with E-state index < -0.39 is 11.8 Å². The Kier molecular flexibility index (Phi) is 5.66. The first-order valence-corrected chi connectivity index (χ1v) is 8.44. The minimum Gasteiger partial charge on any atom is -0.489 e. The lowest BCUT2D eigenvalue weighted by atomic mass is 9.91. The molecule has 1 atom stereocenters. The maximum Gasteiger partial charge on any atom is 0.255 e. The molecular formula is C22H21NO3. The number of aryl methyl sites for hydroxylation is 1. The van der Waals surface area contributed by atoms with Crippen LogP contribution in [0.15, 0.2) is 78.9 Å². The second kappa shape index (κ2) is 8.32. The van der Waals surface area contributed by atoms with Gasteiger partial charge in [-0.15, -0.1) is 0 Å². The van der Waals surface area contributed by atoms with Gasteiger partial charge in [-0.1, -0.05) is 72.3 Å². The molecule has 0 aromatic heterocycles. The van der Waals surface area contributed by atoms with Gasteiger partial charge < -0.3 is 4.74 Å². The third-order valence-electron chi connectivity index (χ3n) is 4.21. The van der Waals surface area contributed by atoms with Crippen LogP contribution >= 0.6 is 0 Å². The summed E-state index contributed by atoms with van der Waals surface area (Å²) in [6.07, 6.45) is 0. The van der Waals surface area contributed by atoms with E-state index in [1.54, 1.807) is 5.48 Å². The zero-order valence-corrected chi connectivity index (χ0v) is 14.6. The van der Waals surface area contributed by atoms with Crippen molar-refractivity contribution in [1.29, 1.82) is 0 Å². The van der Waals surface area contributed by atoms with E-state index in [-0.39, 0.29) is 0 Å². The molecule has 0 heterocycles. The molecule has 2 N–H and O–H groups in total. The highest BCUT2D eigenvalue weighted by molar-refractivity contribution is 5.86. The summed E-state index contributed by atoms with van der Waals surface area (Å²) in [5, 5.41) is 9.09. The summed E-state index contributed by atoms with van der Waals surface area (Å²) >= 11 is 0. The van der Waals surface area contributed by atoms with E-state index in [0.29, 0.717) is 6.61 Å². The van der Waals surface area contributed by atoms with Crippen LogP contribution in [0.3, 0.4) is 0 Å². The second-order valence-corrected chi connectivity index (χ2v) is 6.17. The molecule has 0 saturated carbocycles. The lowest BCUT2D eigenvalue weighted by Crippen LogP contribution is -2.27. The number of hydroxylamine groups is 1. The zero-order valence-electron chi connectivity index (χ0n) is 14.6. The van der Waals surface area contributed by atoms with Crippen LogP contribution in [-0.2, 0) is 11.4 Å². The van der Waals surface area contributed by atoms with Gasteiger partial charge >= 0.3 is 0 Å². The SMILES string of the molecule is Cc1cccc(COc2ccc(C(C(=O)NO)c3ccccc3)cc2)c1. The first-order valence-electron chi connectivity index (χ1n) is 8.44. The Morgan fingerprint density at radius 2 is 1.65 bits per heavy atom. The minimum absolute atomic E-state index is 0.468. The average molecular weight is 347 g/mol. The predicted octanol–water partition coefficient (Wildman–Crippen LogP) is 4.21. The molecule has 1 amide bonds. The number of carbonyl (C=O) groups excluding carboxylic acids is 1. The van der Waals surface area contributed by atoms with Crippen molar-refractivity contribution < 1.29 is 14.7 Å². The third kappa shape index (κ3) is 4.29. The maximum atomic E-state index is 12.1. The number of nitrogens with one attached hydrogen (secondary N) is 1. The van der Waals surface area contributed by atoms with Gasteiger partial charge in [0.15, 0.2) is 0 Å². The van der Waals surface area contributed by atoms with Crippen molar-refractivity contribution >= 4 is 5.91 Å². The van der Waals surface area contributed by atoms with Crippen LogP contribution in [0.25, 0.3) is 0 Å². The van der Waals surface area contributed by atoms with Crippen molar-refractivity contribution in [2.45, 2.75) is 19.4 Å². The summed E-state index contributed by atoms with van der Waals surface area (Å²) < 4.78 is 5.82. The highest BCUT2D eigenvalue weighted by Gasteiger charge is 2.22. The van der Waals surface area contributed by atoms with E-state index in [0.717, 1.165) is 22.4 Å².